The molecule has 0 aromatic rings. The summed E-state index contributed by atoms with van der Waals surface area (Å²) >= 11 is 0. The number of carbonyl (C=O) groups excluding carboxylic acids is 2. The van der Waals surface area contributed by atoms with Gasteiger partial charge in [-0.25, -0.2) is 4.79 Å². The first kappa shape index (κ1) is 15.7. The topological polar surface area (TPSA) is 104 Å². The molecule has 2 rings (SSSR count). The van der Waals surface area contributed by atoms with Crippen molar-refractivity contribution in [3.05, 3.63) is 10.6 Å². The van der Waals surface area contributed by atoms with Crippen LogP contribution in [0.15, 0.2) is 10.6 Å². The molecule has 2 amide bonds. The van der Waals surface area contributed by atoms with E-state index in [2.05, 4.69) is 5.32 Å². The van der Waals surface area contributed by atoms with E-state index in [1.165, 1.54) is 11.8 Å². The lowest BCUT2D eigenvalue weighted by atomic mass is 9.85. The van der Waals surface area contributed by atoms with Gasteiger partial charge in [0.25, 0.3) is 0 Å². The van der Waals surface area contributed by atoms with Gasteiger partial charge in [0.05, 0.1) is 22.8 Å². The molecular formula is C13H18N2O5S. The number of rotatable bonds is 6. The van der Waals surface area contributed by atoms with Crippen LogP contribution in [0.25, 0.3) is 0 Å². The fourth-order valence-electron chi connectivity index (χ4n) is 2.85. The normalized spacial score (nSPS) is 25.4. The van der Waals surface area contributed by atoms with Gasteiger partial charge in [0.2, 0.25) is 11.8 Å². The second kappa shape index (κ2) is 5.97. The SMILES string of the molecule is CCC1C(=O)N2C(C(=O)O)=C(S(=O)CCNC(C)=O)CC12. The lowest BCUT2D eigenvalue weighted by molar-refractivity contribution is -0.155. The van der Waals surface area contributed by atoms with Gasteiger partial charge in [0.1, 0.15) is 5.70 Å². The minimum Gasteiger partial charge on any atom is -0.477 e. The first-order valence-corrected chi connectivity index (χ1v) is 8.12. The molecule has 3 unspecified atom stereocenters. The molecule has 1 fully saturated rings. The molecule has 0 aromatic heterocycles. The number of nitrogens with one attached hydrogen (secondary N) is 1. The summed E-state index contributed by atoms with van der Waals surface area (Å²) < 4.78 is 12.3. The molecule has 2 heterocycles. The standard InChI is InChI=1S/C13H18N2O5S/c1-3-8-9-6-10(21(20)5-4-14-7(2)16)11(13(18)19)15(9)12(8)17/h8-9H,3-6H2,1-2H3,(H,14,16)(H,18,19). The summed E-state index contributed by atoms with van der Waals surface area (Å²) in [6.07, 6.45) is 0.997. The highest BCUT2D eigenvalue weighted by atomic mass is 32.2. The number of hydrogen-bond donors (Lipinski definition) is 2. The number of carboxylic acids is 1. The Morgan fingerprint density at radius 2 is 2.14 bits per heavy atom. The predicted molar refractivity (Wildman–Crippen MR) is 75.4 cm³/mol. The van der Waals surface area contributed by atoms with Crippen LogP contribution in [-0.2, 0) is 25.2 Å². The van der Waals surface area contributed by atoms with Crippen molar-refractivity contribution >= 4 is 28.6 Å². The van der Waals surface area contributed by atoms with Gasteiger partial charge in [-0.2, -0.15) is 0 Å². The summed E-state index contributed by atoms with van der Waals surface area (Å²) in [4.78, 5) is 35.7. The first-order chi connectivity index (χ1) is 9.88. The first-order valence-electron chi connectivity index (χ1n) is 6.80. The molecule has 1 saturated heterocycles. The van der Waals surface area contributed by atoms with Crippen LogP contribution >= 0.6 is 0 Å². The fraction of sp³-hybridized carbons (Fsp3) is 0.615. The number of carboxylic acid groups (broad SMARTS) is 1. The molecule has 3 atom stereocenters. The van der Waals surface area contributed by atoms with Gasteiger partial charge in [-0.1, -0.05) is 6.92 Å². The van der Waals surface area contributed by atoms with Crippen LogP contribution in [0.1, 0.15) is 26.7 Å². The van der Waals surface area contributed by atoms with Gasteiger partial charge in [0, 0.05) is 30.5 Å². The van der Waals surface area contributed by atoms with Crippen LogP contribution in [0.3, 0.4) is 0 Å². The Bertz CT molecular complexity index is 557. The highest BCUT2D eigenvalue weighted by Gasteiger charge is 2.54. The number of aliphatic carboxylic acids is 1. The molecule has 0 spiro atoms. The molecule has 0 radical (unpaired) electrons. The lowest BCUT2D eigenvalue weighted by Gasteiger charge is -2.42. The maximum Gasteiger partial charge on any atom is 0.353 e. The van der Waals surface area contributed by atoms with Crippen molar-refractivity contribution in [3.63, 3.8) is 0 Å². The van der Waals surface area contributed by atoms with Crippen molar-refractivity contribution < 1.29 is 23.7 Å². The zero-order chi connectivity index (χ0) is 15.7. The maximum atomic E-state index is 12.3. The zero-order valence-electron chi connectivity index (χ0n) is 11.9. The van der Waals surface area contributed by atoms with Crippen LogP contribution in [0.4, 0.5) is 0 Å². The largest absolute Gasteiger partial charge is 0.477 e. The molecular weight excluding hydrogens is 296 g/mol. The van der Waals surface area contributed by atoms with Crippen LogP contribution in [0.5, 0.6) is 0 Å². The molecule has 116 valence electrons. The van der Waals surface area contributed by atoms with E-state index in [1.54, 1.807) is 0 Å². The molecule has 0 aliphatic carbocycles. The van der Waals surface area contributed by atoms with Crippen LogP contribution < -0.4 is 5.32 Å². The third kappa shape index (κ3) is 2.72. The smallest absolute Gasteiger partial charge is 0.353 e. The zero-order valence-corrected chi connectivity index (χ0v) is 12.7. The van der Waals surface area contributed by atoms with Crippen molar-refractivity contribution in [2.24, 2.45) is 5.92 Å². The van der Waals surface area contributed by atoms with Gasteiger partial charge in [0.15, 0.2) is 0 Å². The number of hydrogen-bond acceptors (Lipinski definition) is 4. The highest BCUT2D eigenvalue weighted by molar-refractivity contribution is 7.89. The van der Waals surface area contributed by atoms with E-state index in [-0.39, 0.29) is 41.8 Å². The van der Waals surface area contributed by atoms with E-state index < -0.39 is 16.8 Å². The van der Waals surface area contributed by atoms with E-state index in [4.69, 9.17) is 0 Å². The van der Waals surface area contributed by atoms with E-state index >= 15 is 0 Å². The highest BCUT2D eigenvalue weighted by Crippen LogP contribution is 2.44. The Labute approximate surface area is 124 Å². The Balaban J connectivity index is 2.14. The Hall–Kier alpha value is -1.70. The molecule has 2 N–H and O–H groups in total. The number of carbonyl (C=O) groups is 3. The average molecular weight is 314 g/mol. The summed E-state index contributed by atoms with van der Waals surface area (Å²) in [5, 5.41) is 11.8. The second-order valence-corrected chi connectivity index (χ2v) is 6.70. The van der Waals surface area contributed by atoms with Gasteiger partial charge >= 0.3 is 5.97 Å². The Kier molecular flexibility index (Phi) is 4.46. The number of amides is 2. The Morgan fingerprint density at radius 3 is 2.67 bits per heavy atom. The van der Waals surface area contributed by atoms with Crippen molar-refractivity contribution in [2.45, 2.75) is 32.7 Å². The predicted octanol–water partition coefficient (Wildman–Crippen LogP) is -0.192. The molecule has 0 saturated carbocycles. The number of fused-ring (bicyclic) bond motifs is 1. The van der Waals surface area contributed by atoms with E-state index in [9.17, 15) is 23.7 Å². The Morgan fingerprint density at radius 1 is 1.48 bits per heavy atom. The van der Waals surface area contributed by atoms with Crippen molar-refractivity contribution in [1.29, 1.82) is 0 Å². The van der Waals surface area contributed by atoms with Gasteiger partial charge in [-0.05, 0) is 6.42 Å². The molecule has 7 nitrogen and oxygen atoms in total. The van der Waals surface area contributed by atoms with Gasteiger partial charge < -0.3 is 15.3 Å². The van der Waals surface area contributed by atoms with Gasteiger partial charge in [-0.3, -0.25) is 13.8 Å². The summed E-state index contributed by atoms with van der Waals surface area (Å²) in [5.74, 6) is -1.67. The fourth-order valence-corrected chi connectivity index (χ4v) is 4.14. The minimum atomic E-state index is -1.51. The van der Waals surface area contributed by atoms with Crippen LogP contribution in [0.2, 0.25) is 0 Å². The van der Waals surface area contributed by atoms with Crippen molar-refractivity contribution in [2.75, 3.05) is 12.3 Å². The molecule has 2 aliphatic rings. The molecule has 0 aromatic carbocycles. The third-order valence-corrected chi connectivity index (χ3v) is 5.31. The van der Waals surface area contributed by atoms with Crippen molar-refractivity contribution in [3.8, 4) is 0 Å². The van der Waals surface area contributed by atoms with Crippen LogP contribution in [0, 0.1) is 5.92 Å². The quantitative estimate of drug-likeness (QED) is 0.661. The third-order valence-electron chi connectivity index (χ3n) is 3.83. The average Bonchev–Trinajstić information content (AvgIpc) is 2.74. The summed E-state index contributed by atoms with van der Waals surface area (Å²) in [5.41, 5.74) is -0.129. The summed E-state index contributed by atoms with van der Waals surface area (Å²) in [7, 11) is -1.51. The molecule has 2 aliphatic heterocycles. The molecule has 21 heavy (non-hydrogen) atoms. The monoisotopic (exact) mass is 314 g/mol. The van der Waals surface area contributed by atoms with Gasteiger partial charge in [-0.15, -0.1) is 0 Å². The summed E-state index contributed by atoms with van der Waals surface area (Å²) in [6, 6.07) is -0.173. The summed E-state index contributed by atoms with van der Waals surface area (Å²) in [6.45, 7) is 3.46. The van der Waals surface area contributed by atoms with E-state index in [0.717, 1.165) is 0 Å². The second-order valence-electron chi connectivity index (χ2n) is 5.10. The minimum absolute atomic E-state index is 0.129. The van der Waals surface area contributed by atoms with Crippen LogP contribution in [-0.4, -0.2) is 50.3 Å². The van der Waals surface area contributed by atoms with Crippen molar-refractivity contribution in [1.82, 2.24) is 10.2 Å². The lowest BCUT2D eigenvalue weighted by Crippen LogP contribution is -2.58. The van der Waals surface area contributed by atoms with E-state index in [1.807, 2.05) is 6.92 Å². The van der Waals surface area contributed by atoms with E-state index in [0.29, 0.717) is 17.7 Å². The number of β-lactam (4-membered cyclic amide) rings is 1. The molecule has 8 heteroatoms. The maximum absolute atomic E-state index is 12.3. The molecule has 0 bridgehead atoms. The number of nitrogens with zero attached hydrogens (tertiary/aromatic N) is 1.